The fourth-order valence-corrected chi connectivity index (χ4v) is 1.56. The Morgan fingerprint density at radius 1 is 1.44 bits per heavy atom. The van der Waals surface area contributed by atoms with Crippen molar-refractivity contribution in [2.75, 3.05) is 25.5 Å². The smallest absolute Gasteiger partial charge is 0.241 e. The van der Waals surface area contributed by atoms with Crippen molar-refractivity contribution in [2.45, 2.75) is 19.8 Å². The molecular formula is C14H19N3O. The lowest BCUT2D eigenvalue weighted by Crippen LogP contribution is -2.33. The van der Waals surface area contributed by atoms with Crippen LogP contribution in [0.5, 0.6) is 0 Å². The number of nitriles is 1. The average Bonchev–Trinajstić information content (AvgIpc) is 2.42. The van der Waals surface area contributed by atoms with Gasteiger partial charge >= 0.3 is 0 Å². The molecule has 0 spiro atoms. The second kappa shape index (κ2) is 7.33. The molecule has 0 radical (unpaired) electrons. The standard InChI is InChI=1S/C14H19N3O/c1-3-4-9-17(2)14(18)11-16-13-8-6-5-7-12(13)10-15/h5-8,16H,3-4,9,11H2,1-2H3. The van der Waals surface area contributed by atoms with Gasteiger partial charge in [-0.2, -0.15) is 5.26 Å². The van der Waals surface area contributed by atoms with Crippen molar-refractivity contribution in [1.82, 2.24) is 4.90 Å². The van der Waals surface area contributed by atoms with Crippen molar-refractivity contribution >= 4 is 11.6 Å². The number of unbranched alkanes of at least 4 members (excludes halogenated alkanes) is 1. The van der Waals surface area contributed by atoms with E-state index in [0.29, 0.717) is 11.3 Å². The Morgan fingerprint density at radius 2 is 2.17 bits per heavy atom. The van der Waals surface area contributed by atoms with Gasteiger partial charge in [0.2, 0.25) is 5.91 Å². The topological polar surface area (TPSA) is 56.1 Å². The summed E-state index contributed by atoms with van der Waals surface area (Å²) in [7, 11) is 1.80. The first kappa shape index (κ1) is 14.0. The number of benzene rings is 1. The van der Waals surface area contributed by atoms with Gasteiger partial charge in [0.1, 0.15) is 6.07 Å². The SMILES string of the molecule is CCCCN(C)C(=O)CNc1ccccc1C#N. The summed E-state index contributed by atoms with van der Waals surface area (Å²) in [6.45, 7) is 3.09. The van der Waals surface area contributed by atoms with E-state index in [1.807, 2.05) is 6.07 Å². The number of hydrogen-bond donors (Lipinski definition) is 1. The summed E-state index contributed by atoms with van der Waals surface area (Å²) >= 11 is 0. The molecule has 0 saturated carbocycles. The number of nitrogens with one attached hydrogen (secondary N) is 1. The van der Waals surface area contributed by atoms with E-state index in [2.05, 4.69) is 18.3 Å². The van der Waals surface area contributed by atoms with E-state index in [1.165, 1.54) is 0 Å². The number of anilines is 1. The molecule has 1 rings (SSSR count). The maximum atomic E-state index is 11.8. The molecule has 1 aromatic carbocycles. The monoisotopic (exact) mass is 245 g/mol. The lowest BCUT2D eigenvalue weighted by molar-refractivity contribution is -0.128. The van der Waals surface area contributed by atoms with Crippen LogP contribution in [-0.4, -0.2) is 30.9 Å². The van der Waals surface area contributed by atoms with E-state index in [-0.39, 0.29) is 12.5 Å². The zero-order chi connectivity index (χ0) is 13.4. The molecule has 18 heavy (non-hydrogen) atoms. The van der Waals surface area contributed by atoms with E-state index in [0.717, 1.165) is 19.4 Å². The Morgan fingerprint density at radius 3 is 2.83 bits per heavy atom. The van der Waals surface area contributed by atoms with Gasteiger partial charge in [-0.3, -0.25) is 4.79 Å². The summed E-state index contributed by atoms with van der Waals surface area (Å²) in [4.78, 5) is 13.5. The van der Waals surface area contributed by atoms with E-state index < -0.39 is 0 Å². The molecule has 0 aliphatic rings. The van der Waals surface area contributed by atoms with Gasteiger partial charge in [0.15, 0.2) is 0 Å². The zero-order valence-electron chi connectivity index (χ0n) is 10.9. The second-order valence-corrected chi connectivity index (χ2v) is 4.18. The third kappa shape index (κ3) is 4.10. The fraction of sp³-hybridized carbons (Fsp3) is 0.429. The minimum atomic E-state index is 0.0381. The number of para-hydroxylation sites is 1. The molecule has 1 aromatic rings. The van der Waals surface area contributed by atoms with Crippen LogP contribution in [0.15, 0.2) is 24.3 Å². The number of rotatable bonds is 6. The molecule has 0 saturated heterocycles. The zero-order valence-corrected chi connectivity index (χ0v) is 10.9. The quantitative estimate of drug-likeness (QED) is 0.836. The Kier molecular flexibility index (Phi) is 5.72. The average molecular weight is 245 g/mol. The van der Waals surface area contributed by atoms with Crippen LogP contribution in [0.2, 0.25) is 0 Å². The first-order chi connectivity index (χ1) is 8.69. The van der Waals surface area contributed by atoms with E-state index in [4.69, 9.17) is 5.26 Å². The van der Waals surface area contributed by atoms with Gasteiger partial charge in [-0.25, -0.2) is 0 Å². The fourth-order valence-electron chi connectivity index (χ4n) is 1.56. The molecule has 0 atom stereocenters. The minimum absolute atomic E-state index is 0.0381. The number of amides is 1. The molecule has 1 N–H and O–H groups in total. The molecule has 0 heterocycles. The molecule has 0 unspecified atom stereocenters. The number of likely N-dealkylation sites (N-methyl/N-ethyl adjacent to an activating group) is 1. The highest BCUT2D eigenvalue weighted by atomic mass is 16.2. The normalized spacial score (nSPS) is 9.61. The maximum Gasteiger partial charge on any atom is 0.241 e. The summed E-state index contributed by atoms with van der Waals surface area (Å²) in [6, 6.07) is 9.27. The van der Waals surface area contributed by atoms with Crippen LogP contribution in [0.3, 0.4) is 0 Å². The summed E-state index contributed by atoms with van der Waals surface area (Å²) in [5.41, 5.74) is 1.26. The molecule has 96 valence electrons. The molecule has 0 aromatic heterocycles. The van der Waals surface area contributed by atoms with Crippen molar-refractivity contribution in [3.05, 3.63) is 29.8 Å². The molecule has 4 heteroatoms. The lowest BCUT2D eigenvalue weighted by atomic mass is 10.2. The molecular weight excluding hydrogens is 226 g/mol. The molecule has 4 nitrogen and oxygen atoms in total. The Labute approximate surface area is 108 Å². The van der Waals surface area contributed by atoms with Crippen molar-refractivity contribution in [3.63, 3.8) is 0 Å². The summed E-state index contributed by atoms with van der Waals surface area (Å²) in [5, 5.41) is 11.9. The van der Waals surface area contributed by atoms with Crippen LogP contribution >= 0.6 is 0 Å². The van der Waals surface area contributed by atoms with Gasteiger partial charge in [0.25, 0.3) is 0 Å². The largest absolute Gasteiger partial charge is 0.375 e. The summed E-state index contributed by atoms with van der Waals surface area (Å²) in [5.74, 6) is 0.0381. The van der Waals surface area contributed by atoms with Crippen LogP contribution in [0.4, 0.5) is 5.69 Å². The Balaban J connectivity index is 2.50. The van der Waals surface area contributed by atoms with Crippen molar-refractivity contribution < 1.29 is 4.79 Å². The first-order valence-electron chi connectivity index (χ1n) is 6.16. The highest BCUT2D eigenvalue weighted by molar-refractivity contribution is 5.81. The van der Waals surface area contributed by atoms with Gasteiger partial charge < -0.3 is 10.2 Å². The minimum Gasteiger partial charge on any atom is -0.375 e. The van der Waals surface area contributed by atoms with Crippen LogP contribution < -0.4 is 5.32 Å². The van der Waals surface area contributed by atoms with Crippen molar-refractivity contribution in [2.24, 2.45) is 0 Å². The Bertz CT molecular complexity index is 437. The van der Waals surface area contributed by atoms with E-state index in [9.17, 15) is 4.79 Å². The molecule has 0 aliphatic carbocycles. The van der Waals surface area contributed by atoms with Gasteiger partial charge in [-0.1, -0.05) is 25.5 Å². The van der Waals surface area contributed by atoms with E-state index >= 15 is 0 Å². The lowest BCUT2D eigenvalue weighted by Gasteiger charge is -2.17. The molecule has 1 amide bonds. The number of hydrogen-bond acceptors (Lipinski definition) is 3. The van der Waals surface area contributed by atoms with Crippen LogP contribution in [0.1, 0.15) is 25.3 Å². The van der Waals surface area contributed by atoms with Gasteiger partial charge in [0, 0.05) is 13.6 Å². The van der Waals surface area contributed by atoms with Crippen LogP contribution in [-0.2, 0) is 4.79 Å². The number of carbonyl (C=O) groups is 1. The first-order valence-corrected chi connectivity index (χ1v) is 6.16. The predicted octanol–water partition coefficient (Wildman–Crippen LogP) is 2.23. The molecule has 0 bridgehead atoms. The highest BCUT2D eigenvalue weighted by Gasteiger charge is 2.08. The van der Waals surface area contributed by atoms with Gasteiger partial charge in [-0.05, 0) is 18.6 Å². The van der Waals surface area contributed by atoms with Gasteiger partial charge in [-0.15, -0.1) is 0 Å². The molecule has 0 aliphatic heterocycles. The predicted molar refractivity (Wildman–Crippen MR) is 72.2 cm³/mol. The van der Waals surface area contributed by atoms with Gasteiger partial charge in [0.05, 0.1) is 17.8 Å². The Hall–Kier alpha value is -2.02. The molecule has 0 fully saturated rings. The van der Waals surface area contributed by atoms with Crippen LogP contribution in [0, 0.1) is 11.3 Å². The second-order valence-electron chi connectivity index (χ2n) is 4.18. The van der Waals surface area contributed by atoms with Crippen molar-refractivity contribution in [1.29, 1.82) is 5.26 Å². The number of nitrogens with zero attached hydrogens (tertiary/aromatic N) is 2. The van der Waals surface area contributed by atoms with Crippen molar-refractivity contribution in [3.8, 4) is 6.07 Å². The maximum absolute atomic E-state index is 11.8. The number of carbonyl (C=O) groups excluding carboxylic acids is 1. The van der Waals surface area contributed by atoms with E-state index in [1.54, 1.807) is 30.1 Å². The highest BCUT2D eigenvalue weighted by Crippen LogP contribution is 2.12. The summed E-state index contributed by atoms with van der Waals surface area (Å²) in [6.07, 6.45) is 2.08. The summed E-state index contributed by atoms with van der Waals surface area (Å²) < 4.78 is 0. The van der Waals surface area contributed by atoms with Crippen LogP contribution in [0.25, 0.3) is 0 Å². The third-order valence-corrected chi connectivity index (χ3v) is 2.75. The third-order valence-electron chi connectivity index (χ3n) is 2.75.